The summed E-state index contributed by atoms with van der Waals surface area (Å²) in [6.45, 7) is 5.95. The second kappa shape index (κ2) is 3.81. The molecule has 0 radical (unpaired) electrons. The molecule has 0 amide bonds. The fourth-order valence-electron chi connectivity index (χ4n) is 0.779. The molecule has 0 rings (SSSR count). The molecule has 1 nitrogen and oxygen atoms in total. The van der Waals surface area contributed by atoms with Crippen LogP contribution < -0.4 is 0 Å². The zero-order valence-corrected chi connectivity index (χ0v) is 8.63. The number of hydrogen-bond donors (Lipinski definition) is 0. The highest BCUT2D eigenvalue weighted by molar-refractivity contribution is 7.43. The number of halogens is 2. The molecular weight excluding hydrogens is 173 g/mol. The van der Waals surface area contributed by atoms with Crippen LogP contribution in [0.15, 0.2) is 0 Å². The normalized spacial score (nSPS) is 12.7. The van der Waals surface area contributed by atoms with Crippen LogP contribution in [0, 0.1) is 0 Å². The van der Waals surface area contributed by atoms with E-state index in [2.05, 4.69) is 18.4 Å². The highest BCUT2D eigenvalue weighted by atomic mass is 35.7. The summed E-state index contributed by atoms with van der Waals surface area (Å²) in [5.41, 5.74) is 0. The minimum absolute atomic E-state index is 0.951. The van der Waals surface area contributed by atoms with Gasteiger partial charge in [-0.1, -0.05) is 13.8 Å². The highest BCUT2D eigenvalue weighted by Gasteiger charge is 2.27. The fraction of sp³-hybridized carbons (Fsp3) is 1.00. The SMILES string of the molecule is CCN(CC)[Si](C)(Cl)Cl. The maximum atomic E-state index is 5.93. The minimum atomic E-state index is -2.01. The van der Waals surface area contributed by atoms with E-state index in [0.29, 0.717) is 0 Å². The van der Waals surface area contributed by atoms with Crippen LogP contribution in [0.1, 0.15) is 13.8 Å². The van der Waals surface area contributed by atoms with Gasteiger partial charge in [0, 0.05) is 0 Å². The zero-order valence-electron chi connectivity index (χ0n) is 6.12. The van der Waals surface area contributed by atoms with E-state index in [1.165, 1.54) is 0 Å². The molecule has 0 aromatic heterocycles. The molecule has 0 aliphatic heterocycles. The first kappa shape index (κ1) is 9.76. The second-order valence-corrected chi connectivity index (χ2v) is 9.33. The van der Waals surface area contributed by atoms with Gasteiger partial charge in [-0.3, -0.25) is 0 Å². The van der Waals surface area contributed by atoms with E-state index in [9.17, 15) is 0 Å². The van der Waals surface area contributed by atoms with Gasteiger partial charge in [0.1, 0.15) is 0 Å². The number of nitrogens with zero attached hydrogens (tertiary/aromatic N) is 1. The topological polar surface area (TPSA) is 3.24 Å². The van der Waals surface area contributed by atoms with E-state index < -0.39 is 6.86 Å². The van der Waals surface area contributed by atoms with Crippen molar-refractivity contribution in [3.05, 3.63) is 0 Å². The summed E-state index contributed by atoms with van der Waals surface area (Å²) in [6, 6.07) is 0. The van der Waals surface area contributed by atoms with Crippen molar-refractivity contribution < 1.29 is 0 Å². The Kier molecular flexibility index (Phi) is 4.13. The predicted molar refractivity (Wildman–Crippen MR) is 46.2 cm³/mol. The van der Waals surface area contributed by atoms with Crippen molar-refractivity contribution in [1.82, 2.24) is 4.57 Å². The predicted octanol–water partition coefficient (Wildman–Crippen LogP) is 2.37. The molecule has 0 unspecified atom stereocenters. The number of hydrogen-bond acceptors (Lipinski definition) is 1. The van der Waals surface area contributed by atoms with E-state index in [1.807, 2.05) is 6.55 Å². The van der Waals surface area contributed by atoms with Crippen LogP contribution >= 0.6 is 22.2 Å². The molecular formula is C5H13Cl2NSi. The maximum absolute atomic E-state index is 5.93. The van der Waals surface area contributed by atoms with Gasteiger partial charge in [0.05, 0.1) is 0 Å². The summed E-state index contributed by atoms with van der Waals surface area (Å²) in [7, 11) is 0. The van der Waals surface area contributed by atoms with Crippen LogP contribution in [0.3, 0.4) is 0 Å². The van der Waals surface area contributed by atoms with Crippen LogP contribution in [0.5, 0.6) is 0 Å². The van der Waals surface area contributed by atoms with Crippen molar-refractivity contribution in [2.24, 2.45) is 0 Å². The average Bonchev–Trinajstić information content (AvgIpc) is 1.65. The van der Waals surface area contributed by atoms with E-state index in [4.69, 9.17) is 22.2 Å². The standard InChI is InChI=1S/C5H13Cl2NSi/c1-4-8(5-2)9(3,6)7/h4-5H2,1-3H3. The molecule has 0 aromatic rings. The Labute approximate surface area is 67.4 Å². The third-order valence-electron chi connectivity index (χ3n) is 1.32. The van der Waals surface area contributed by atoms with Gasteiger partial charge in [0.25, 0.3) is 0 Å². The van der Waals surface area contributed by atoms with Crippen LogP contribution in [-0.2, 0) is 0 Å². The van der Waals surface area contributed by atoms with Crippen molar-refractivity contribution in [3.8, 4) is 0 Å². The molecule has 0 aliphatic rings. The van der Waals surface area contributed by atoms with Gasteiger partial charge >= 0.3 is 6.86 Å². The van der Waals surface area contributed by atoms with Gasteiger partial charge in [-0.25, -0.2) is 0 Å². The lowest BCUT2D eigenvalue weighted by Gasteiger charge is -2.25. The summed E-state index contributed by atoms with van der Waals surface area (Å²) < 4.78 is 2.11. The molecule has 0 fully saturated rings. The quantitative estimate of drug-likeness (QED) is 0.483. The molecule has 0 spiro atoms. The first-order chi connectivity index (χ1) is 4.02. The summed E-state index contributed by atoms with van der Waals surface area (Å²) in [4.78, 5) is 0. The van der Waals surface area contributed by atoms with Crippen molar-refractivity contribution in [3.63, 3.8) is 0 Å². The van der Waals surface area contributed by atoms with Gasteiger partial charge in [0.2, 0.25) is 0 Å². The van der Waals surface area contributed by atoms with Crippen molar-refractivity contribution in [1.29, 1.82) is 0 Å². The lowest BCUT2D eigenvalue weighted by molar-refractivity contribution is 0.486. The van der Waals surface area contributed by atoms with E-state index >= 15 is 0 Å². The van der Waals surface area contributed by atoms with Crippen LogP contribution in [-0.4, -0.2) is 24.5 Å². The molecule has 4 heteroatoms. The molecule has 0 heterocycles. The van der Waals surface area contributed by atoms with Gasteiger partial charge in [-0.15, -0.1) is 22.2 Å². The Bertz CT molecular complexity index is 77.5. The Hall–Kier alpha value is 0.757. The monoisotopic (exact) mass is 185 g/mol. The van der Waals surface area contributed by atoms with E-state index in [1.54, 1.807) is 0 Å². The van der Waals surface area contributed by atoms with Gasteiger partial charge in [-0.05, 0) is 19.6 Å². The van der Waals surface area contributed by atoms with Crippen molar-refractivity contribution in [2.75, 3.05) is 13.1 Å². The Balaban J connectivity index is 3.79. The molecule has 0 N–H and O–H groups in total. The van der Waals surface area contributed by atoms with E-state index in [0.717, 1.165) is 13.1 Å². The number of rotatable bonds is 3. The van der Waals surface area contributed by atoms with Gasteiger partial charge in [-0.2, -0.15) is 0 Å². The lowest BCUT2D eigenvalue weighted by Crippen LogP contribution is -2.41. The second-order valence-electron chi connectivity index (χ2n) is 2.01. The maximum Gasteiger partial charge on any atom is 0.321 e. The summed E-state index contributed by atoms with van der Waals surface area (Å²) in [6.07, 6.45) is 0. The molecule has 0 saturated carbocycles. The molecule has 9 heavy (non-hydrogen) atoms. The molecule has 0 aliphatic carbocycles. The molecule has 0 atom stereocenters. The molecule has 0 saturated heterocycles. The first-order valence-electron chi connectivity index (χ1n) is 3.15. The third-order valence-corrected chi connectivity index (χ3v) is 4.50. The van der Waals surface area contributed by atoms with Crippen molar-refractivity contribution >= 4 is 29.0 Å². The highest BCUT2D eigenvalue weighted by Crippen LogP contribution is 2.18. The van der Waals surface area contributed by atoms with Crippen molar-refractivity contribution in [2.45, 2.75) is 20.4 Å². The Morgan fingerprint density at radius 2 is 1.56 bits per heavy atom. The smallest absolute Gasteiger partial charge is 0.301 e. The summed E-state index contributed by atoms with van der Waals surface area (Å²) >= 11 is 11.9. The first-order valence-corrected chi connectivity index (χ1v) is 7.62. The summed E-state index contributed by atoms with van der Waals surface area (Å²) in [5.74, 6) is 0. The molecule has 0 bridgehead atoms. The van der Waals surface area contributed by atoms with Crippen LogP contribution in [0.4, 0.5) is 0 Å². The molecule has 0 aromatic carbocycles. The Morgan fingerprint density at radius 1 is 1.22 bits per heavy atom. The molecule has 56 valence electrons. The fourth-order valence-corrected chi connectivity index (χ4v) is 3.32. The summed E-state index contributed by atoms with van der Waals surface area (Å²) in [5, 5.41) is 0. The van der Waals surface area contributed by atoms with Gasteiger partial charge < -0.3 is 4.57 Å². The van der Waals surface area contributed by atoms with Crippen LogP contribution in [0.2, 0.25) is 6.55 Å². The van der Waals surface area contributed by atoms with Gasteiger partial charge in [0.15, 0.2) is 0 Å². The Morgan fingerprint density at radius 3 is 1.56 bits per heavy atom. The van der Waals surface area contributed by atoms with Crippen LogP contribution in [0.25, 0.3) is 0 Å². The lowest BCUT2D eigenvalue weighted by atomic mass is 10.7. The average molecular weight is 186 g/mol. The zero-order chi connectivity index (χ0) is 7.49. The van der Waals surface area contributed by atoms with E-state index in [-0.39, 0.29) is 0 Å². The third kappa shape index (κ3) is 3.46. The minimum Gasteiger partial charge on any atom is -0.301 e. The largest absolute Gasteiger partial charge is 0.321 e.